The summed E-state index contributed by atoms with van der Waals surface area (Å²) < 4.78 is 39.4. The van der Waals surface area contributed by atoms with Crippen molar-refractivity contribution in [2.75, 3.05) is 0 Å². The van der Waals surface area contributed by atoms with Crippen LogP contribution in [0.3, 0.4) is 0 Å². The van der Waals surface area contributed by atoms with Crippen LogP contribution in [0.25, 0.3) is 0 Å². The lowest BCUT2D eigenvalue weighted by Gasteiger charge is -2.28. The number of hydrogen-bond donors (Lipinski definition) is 1. The van der Waals surface area contributed by atoms with Gasteiger partial charge in [-0.25, -0.2) is 13.2 Å². The van der Waals surface area contributed by atoms with Crippen molar-refractivity contribution in [1.82, 2.24) is 0 Å². The van der Waals surface area contributed by atoms with Crippen LogP contribution in [-0.4, -0.2) is 5.11 Å². The van der Waals surface area contributed by atoms with Crippen molar-refractivity contribution in [3.8, 4) is 0 Å². The first-order valence-corrected chi connectivity index (χ1v) is 5.33. The van der Waals surface area contributed by atoms with Crippen molar-refractivity contribution < 1.29 is 18.3 Å². The highest BCUT2D eigenvalue weighted by Gasteiger charge is 2.42. The quantitative estimate of drug-likeness (QED) is 0.735. The third kappa shape index (κ3) is 1.52. The van der Waals surface area contributed by atoms with Crippen LogP contribution in [0, 0.1) is 23.4 Å². The molecular weight excluding hydrogens is 217 g/mol. The molecule has 4 heteroatoms. The molecule has 1 saturated carbocycles. The Hall–Kier alpha value is -1.03. The minimum atomic E-state index is -1.51. The van der Waals surface area contributed by atoms with Crippen molar-refractivity contribution in [2.45, 2.75) is 31.8 Å². The number of benzene rings is 1. The van der Waals surface area contributed by atoms with E-state index in [1.54, 1.807) is 6.92 Å². The van der Waals surface area contributed by atoms with Gasteiger partial charge < -0.3 is 5.11 Å². The molecule has 0 radical (unpaired) electrons. The van der Waals surface area contributed by atoms with Crippen LogP contribution in [0.1, 0.15) is 31.7 Å². The minimum absolute atomic E-state index is 0.128. The van der Waals surface area contributed by atoms with Crippen LogP contribution in [0.15, 0.2) is 12.1 Å². The van der Waals surface area contributed by atoms with Gasteiger partial charge in [0.2, 0.25) is 0 Å². The number of halogens is 3. The Kier molecular flexibility index (Phi) is 2.70. The Balaban J connectivity index is 2.52. The summed E-state index contributed by atoms with van der Waals surface area (Å²) in [6.45, 7) is 1.79. The SMILES string of the molecule is CC1CCCC1(O)c1ccc(F)c(F)c1F. The molecule has 1 aliphatic carbocycles. The van der Waals surface area contributed by atoms with Gasteiger partial charge in [-0.15, -0.1) is 0 Å². The first-order valence-electron chi connectivity index (χ1n) is 5.33. The molecule has 1 aliphatic rings. The van der Waals surface area contributed by atoms with Crippen LogP contribution < -0.4 is 0 Å². The van der Waals surface area contributed by atoms with Crippen LogP contribution in [0.4, 0.5) is 13.2 Å². The highest BCUT2D eigenvalue weighted by Crippen LogP contribution is 2.44. The highest BCUT2D eigenvalue weighted by atomic mass is 19.2. The van der Waals surface area contributed by atoms with Crippen molar-refractivity contribution in [3.05, 3.63) is 35.1 Å². The van der Waals surface area contributed by atoms with E-state index in [1.807, 2.05) is 0 Å². The van der Waals surface area contributed by atoms with E-state index < -0.39 is 23.1 Å². The smallest absolute Gasteiger partial charge is 0.194 e. The second-order valence-electron chi connectivity index (χ2n) is 4.44. The zero-order valence-electron chi connectivity index (χ0n) is 8.93. The molecule has 0 spiro atoms. The summed E-state index contributed by atoms with van der Waals surface area (Å²) in [5.41, 5.74) is -1.49. The van der Waals surface area contributed by atoms with Crippen LogP contribution >= 0.6 is 0 Å². The molecular formula is C12H13F3O. The molecule has 16 heavy (non-hydrogen) atoms. The molecule has 1 fully saturated rings. The Morgan fingerprint density at radius 3 is 2.50 bits per heavy atom. The van der Waals surface area contributed by atoms with Gasteiger partial charge in [0.25, 0.3) is 0 Å². The summed E-state index contributed by atoms with van der Waals surface area (Å²) in [6, 6.07) is 1.99. The van der Waals surface area contributed by atoms with Crippen LogP contribution in [0.5, 0.6) is 0 Å². The monoisotopic (exact) mass is 230 g/mol. The highest BCUT2D eigenvalue weighted by molar-refractivity contribution is 5.28. The van der Waals surface area contributed by atoms with Gasteiger partial charge in [0, 0.05) is 5.56 Å². The van der Waals surface area contributed by atoms with E-state index in [1.165, 1.54) is 0 Å². The summed E-state index contributed by atoms with van der Waals surface area (Å²) >= 11 is 0. The molecule has 1 aromatic rings. The van der Waals surface area contributed by atoms with Crippen LogP contribution in [-0.2, 0) is 5.60 Å². The summed E-state index contributed by atoms with van der Waals surface area (Å²) in [5, 5.41) is 10.3. The average molecular weight is 230 g/mol. The predicted molar refractivity (Wildman–Crippen MR) is 53.2 cm³/mol. The second kappa shape index (κ2) is 3.77. The molecule has 88 valence electrons. The van der Waals surface area contributed by atoms with E-state index in [0.717, 1.165) is 25.0 Å². The molecule has 1 nitrogen and oxygen atoms in total. The molecule has 2 unspecified atom stereocenters. The Bertz CT molecular complexity index is 419. The maximum atomic E-state index is 13.6. The number of hydrogen-bond acceptors (Lipinski definition) is 1. The van der Waals surface area contributed by atoms with E-state index >= 15 is 0 Å². The van der Waals surface area contributed by atoms with Crippen molar-refractivity contribution in [2.24, 2.45) is 5.92 Å². The maximum absolute atomic E-state index is 13.6. The average Bonchev–Trinajstić information content (AvgIpc) is 2.57. The largest absolute Gasteiger partial charge is 0.385 e. The topological polar surface area (TPSA) is 20.2 Å². The lowest BCUT2D eigenvalue weighted by atomic mass is 9.84. The standard InChI is InChI=1S/C12H13F3O/c1-7-3-2-6-12(7,16)8-4-5-9(13)11(15)10(8)14/h4-5,7,16H,2-3,6H2,1H3. The zero-order chi connectivity index (χ0) is 11.9. The maximum Gasteiger partial charge on any atom is 0.194 e. The molecule has 0 heterocycles. The fraction of sp³-hybridized carbons (Fsp3) is 0.500. The molecule has 0 amide bonds. The number of rotatable bonds is 1. The number of aliphatic hydroxyl groups is 1. The molecule has 0 bridgehead atoms. The third-order valence-corrected chi connectivity index (χ3v) is 3.51. The van der Waals surface area contributed by atoms with Crippen LogP contribution in [0.2, 0.25) is 0 Å². The first kappa shape index (κ1) is 11.5. The minimum Gasteiger partial charge on any atom is -0.385 e. The van der Waals surface area contributed by atoms with E-state index in [9.17, 15) is 18.3 Å². The molecule has 0 aromatic heterocycles. The summed E-state index contributed by atoms with van der Waals surface area (Å²) in [7, 11) is 0. The van der Waals surface area contributed by atoms with Crippen molar-refractivity contribution in [3.63, 3.8) is 0 Å². The molecule has 2 rings (SSSR count). The summed E-state index contributed by atoms with van der Waals surface area (Å²) in [5.74, 6) is -4.15. The lowest BCUT2D eigenvalue weighted by Crippen LogP contribution is -2.30. The third-order valence-electron chi connectivity index (χ3n) is 3.51. The van der Waals surface area contributed by atoms with E-state index in [4.69, 9.17) is 0 Å². The molecule has 0 aliphatic heterocycles. The summed E-state index contributed by atoms with van der Waals surface area (Å²) in [6.07, 6.45) is 1.90. The molecule has 0 saturated heterocycles. The normalized spacial score (nSPS) is 29.7. The van der Waals surface area contributed by atoms with Crippen molar-refractivity contribution >= 4 is 0 Å². The van der Waals surface area contributed by atoms with Gasteiger partial charge in [-0.1, -0.05) is 13.0 Å². The van der Waals surface area contributed by atoms with E-state index in [-0.39, 0.29) is 11.5 Å². The Labute approximate surface area is 91.9 Å². The molecule has 1 aromatic carbocycles. The van der Waals surface area contributed by atoms with E-state index in [0.29, 0.717) is 6.42 Å². The van der Waals surface area contributed by atoms with Gasteiger partial charge >= 0.3 is 0 Å². The zero-order valence-corrected chi connectivity index (χ0v) is 8.93. The fourth-order valence-electron chi connectivity index (χ4n) is 2.42. The Morgan fingerprint density at radius 2 is 1.94 bits per heavy atom. The van der Waals surface area contributed by atoms with Gasteiger partial charge in [0.05, 0.1) is 5.60 Å². The lowest BCUT2D eigenvalue weighted by molar-refractivity contribution is 0.000457. The van der Waals surface area contributed by atoms with Gasteiger partial charge in [0.15, 0.2) is 17.5 Å². The Morgan fingerprint density at radius 1 is 1.25 bits per heavy atom. The van der Waals surface area contributed by atoms with E-state index in [2.05, 4.69) is 0 Å². The van der Waals surface area contributed by atoms with Gasteiger partial charge in [-0.05, 0) is 31.2 Å². The fourth-order valence-corrected chi connectivity index (χ4v) is 2.42. The van der Waals surface area contributed by atoms with Gasteiger partial charge in [0.1, 0.15) is 0 Å². The molecule has 2 atom stereocenters. The second-order valence-corrected chi connectivity index (χ2v) is 4.44. The predicted octanol–water partition coefficient (Wildman–Crippen LogP) is 3.11. The molecule has 1 N–H and O–H groups in total. The van der Waals surface area contributed by atoms with Crippen molar-refractivity contribution in [1.29, 1.82) is 0 Å². The first-order chi connectivity index (χ1) is 7.47. The summed E-state index contributed by atoms with van der Waals surface area (Å²) in [4.78, 5) is 0. The van der Waals surface area contributed by atoms with Gasteiger partial charge in [-0.3, -0.25) is 0 Å². The van der Waals surface area contributed by atoms with Gasteiger partial charge in [-0.2, -0.15) is 0 Å².